The molecule has 1 fully saturated rings. The molecule has 2 heterocycles. The zero-order chi connectivity index (χ0) is 16.5. The van der Waals surface area contributed by atoms with Crippen LogP contribution in [0.2, 0.25) is 0 Å². The zero-order valence-electron chi connectivity index (χ0n) is 13.4. The summed E-state index contributed by atoms with van der Waals surface area (Å²) >= 11 is 0. The van der Waals surface area contributed by atoms with Crippen molar-refractivity contribution < 1.29 is 14.6 Å². The molecule has 6 heteroatoms. The third kappa shape index (κ3) is 3.01. The highest BCUT2D eigenvalue weighted by atomic mass is 16.5. The Morgan fingerprint density at radius 1 is 1.46 bits per heavy atom. The van der Waals surface area contributed by atoms with E-state index in [1.807, 2.05) is 12.1 Å². The van der Waals surface area contributed by atoms with E-state index in [9.17, 15) is 9.90 Å². The molecule has 0 radical (unpaired) electrons. The van der Waals surface area contributed by atoms with Gasteiger partial charge in [0.2, 0.25) is 5.91 Å². The van der Waals surface area contributed by atoms with Crippen molar-refractivity contribution in [2.45, 2.75) is 38.0 Å². The lowest BCUT2D eigenvalue weighted by molar-refractivity contribution is -0.123. The van der Waals surface area contributed by atoms with Gasteiger partial charge < -0.3 is 15.2 Å². The highest BCUT2D eigenvalue weighted by Crippen LogP contribution is 2.39. The van der Waals surface area contributed by atoms with Crippen molar-refractivity contribution in [3.8, 4) is 5.75 Å². The first kappa shape index (κ1) is 15.2. The van der Waals surface area contributed by atoms with Gasteiger partial charge >= 0.3 is 0 Å². The molecular formula is C18H21N3O3. The largest absolute Gasteiger partial charge is 0.493 e. The van der Waals surface area contributed by atoms with Gasteiger partial charge in [0.1, 0.15) is 12.3 Å². The predicted octanol–water partition coefficient (Wildman–Crippen LogP) is 1.45. The van der Waals surface area contributed by atoms with Gasteiger partial charge in [0, 0.05) is 18.8 Å². The number of aliphatic hydroxyl groups excluding tert-OH is 1. The van der Waals surface area contributed by atoms with Crippen molar-refractivity contribution in [2.24, 2.45) is 5.92 Å². The molecule has 1 aromatic heterocycles. The minimum absolute atomic E-state index is 0.0677. The lowest BCUT2D eigenvalue weighted by Crippen LogP contribution is -2.42. The van der Waals surface area contributed by atoms with E-state index in [0.29, 0.717) is 0 Å². The molecule has 1 aliphatic carbocycles. The van der Waals surface area contributed by atoms with Crippen molar-refractivity contribution in [3.63, 3.8) is 0 Å². The standard InChI is InChI=1S/C18H21N3O3/c22-15-9-14(10-15)18(20-17(23)11-21-6-1-5-19-21)13-2-3-16-12(8-13)4-7-24-16/h1-3,5-6,8,14-15,18,22H,4,7,9-11H2,(H,20,23)/t14?,15?,18-/m0/s1. The molecule has 1 aromatic carbocycles. The summed E-state index contributed by atoms with van der Waals surface area (Å²) < 4.78 is 7.17. The van der Waals surface area contributed by atoms with Crippen molar-refractivity contribution in [3.05, 3.63) is 47.8 Å². The van der Waals surface area contributed by atoms with Crippen LogP contribution in [-0.2, 0) is 17.8 Å². The van der Waals surface area contributed by atoms with Crippen LogP contribution in [0.5, 0.6) is 5.75 Å². The van der Waals surface area contributed by atoms with E-state index in [-0.39, 0.29) is 30.5 Å². The van der Waals surface area contributed by atoms with Crippen molar-refractivity contribution in [2.75, 3.05) is 6.61 Å². The van der Waals surface area contributed by atoms with Crippen LogP contribution in [0.3, 0.4) is 0 Å². The zero-order valence-corrected chi connectivity index (χ0v) is 13.4. The monoisotopic (exact) mass is 327 g/mol. The molecule has 1 aliphatic heterocycles. The Morgan fingerprint density at radius 2 is 2.33 bits per heavy atom. The van der Waals surface area contributed by atoms with Gasteiger partial charge in [-0.2, -0.15) is 5.10 Å². The fraction of sp³-hybridized carbons (Fsp3) is 0.444. The Hall–Kier alpha value is -2.34. The van der Waals surface area contributed by atoms with Gasteiger partial charge in [0.25, 0.3) is 0 Å². The summed E-state index contributed by atoms with van der Waals surface area (Å²) in [6, 6.07) is 7.86. The summed E-state index contributed by atoms with van der Waals surface area (Å²) in [5.74, 6) is 1.14. The minimum atomic E-state index is -0.252. The van der Waals surface area contributed by atoms with Crippen LogP contribution >= 0.6 is 0 Å². The van der Waals surface area contributed by atoms with Gasteiger partial charge in [-0.05, 0) is 48.1 Å². The van der Waals surface area contributed by atoms with Gasteiger partial charge in [0.05, 0.1) is 18.8 Å². The van der Waals surface area contributed by atoms with E-state index in [0.717, 1.165) is 37.2 Å². The number of amides is 1. The topological polar surface area (TPSA) is 76.4 Å². The molecule has 24 heavy (non-hydrogen) atoms. The summed E-state index contributed by atoms with van der Waals surface area (Å²) in [6.45, 7) is 0.921. The minimum Gasteiger partial charge on any atom is -0.493 e. The Kier molecular flexibility index (Phi) is 3.98. The van der Waals surface area contributed by atoms with E-state index < -0.39 is 0 Å². The molecule has 6 nitrogen and oxygen atoms in total. The molecule has 0 saturated heterocycles. The molecule has 0 unspecified atom stereocenters. The highest BCUT2D eigenvalue weighted by Gasteiger charge is 2.36. The van der Waals surface area contributed by atoms with Crippen LogP contribution in [-0.4, -0.2) is 33.5 Å². The summed E-state index contributed by atoms with van der Waals surface area (Å²) in [6.07, 6.45) is 5.53. The maximum atomic E-state index is 12.4. The Balaban J connectivity index is 1.52. The van der Waals surface area contributed by atoms with Gasteiger partial charge in [-0.3, -0.25) is 9.48 Å². The summed E-state index contributed by atoms with van der Waals surface area (Å²) in [5, 5.41) is 16.9. The number of aromatic nitrogens is 2. The third-order valence-corrected chi connectivity index (χ3v) is 4.87. The number of nitrogens with zero attached hydrogens (tertiary/aromatic N) is 2. The van der Waals surface area contributed by atoms with Crippen LogP contribution < -0.4 is 10.1 Å². The van der Waals surface area contributed by atoms with Crippen molar-refractivity contribution in [1.82, 2.24) is 15.1 Å². The van der Waals surface area contributed by atoms with E-state index in [2.05, 4.69) is 16.5 Å². The smallest absolute Gasteiger partial charge is 0.242 e. The van der Waals surface area contributed by atoms with Crippen molar-refractivity contribution in [1.29, 1.82) is 0 Å². The molecule has 1 amide bonds. The SMILES string of the molecule is O=C(Cn1cccn1)N[C@@H](c1ccc2c(c1)CCO2)C1CC(O)C1. The van der Waals surface area contributed by atoms with Gasteiger partial charge in [-0.1, -0.05) is 6.07 Å². The summed E-state index contributed by atoms with van der Waals surface area (Å²) in [7, 11) is 0. The fourth-order valence-corrected chi connectivity index (χ4v) is 3.54. The number of hydrogen-bond acceptors (Lipinski definition) is 4. The molecule has 1 atom stereocenters. The average Bonchev–Trinajstić information content (AvgIpc) is 3.20. The number of aliphatic hydroxyl groups is 1. The molecule has 0 spiro atoms. The molecule has 1 saturated carbocycles. The Morgan fingerprint density at radius 3 is 3.08 bits per heavy atom. The maximum absolute atomic E-state index is 12.4. The van der Waals surface area contributed by atoms with E-state index in [1.54, 1.807) is 23.1 Å². The van der Waals surface area contributed by atoms with Crippen LogP contribution in [0.1, 0.15) is 30.0 Å². The molecule has 2 N–H and O–H groups in total. The maximum Gasteiger partial charge on any atom is 0.242 e. The lowest BCUT2D eigenvalue weighted by atomic mass is 9.75. The first-order valence-corrected chi connectivity index (χ1v) is 8.39. The normalized spacial score (nSPS) is 23.0. The Labute approximate surface area is 140 Å². The number of nitrogens with one attached hydrogen (secondary N) is 1. The summed E-state index contributed by atoms with van der Waals surface area (Å²) in [4.78, 5) is 12.4. The number of ether oxygens (including phenoxy) is 1. The second-order valence-corrected chi connectivity index (χ2v) is 6.60. The number of carbonyl (C=O) groups excluding carboxylic acids is 1. The molecule has 0 bridgehead atoms. The van der Waals surface area contributed by atoms with Gasteiger partial charge in [0.15, 0.2) is 0 Å². The lowest BCUT2D eigenvalue weighted by Gasteiger charge is -2.38. The molecule has 126 valence electrons. The first-order chi connectivity index (χ1) is 11.7. The highest BCUT2D eigenvalue weighted by molar-refractivity contribution is 5.76. The molecule has 2 aromatic rings. The molecule has 4 rings (SSSR count). The number of rotatable bonds is 5. The third-order valence-electron chi connectivity index (χ3n) is 4.87. The van der Waals surface area contributed by atoms with Gasteiger partial charge in [-0.15, -0.1) is 0 Å². The fourth-order valence-electron chi connectivity index (χ4n) is 3.54. The predicted molar refractivity (Wildman–Crippen MR) is 87.5 cm³/mol. The van der Waals surface area contributed by atoms with Crippen LogP contribution in [0.15, 0.2) is 36.7 Å². The van der Waals surface area contributed by atoms with E-state index in [1.165, 1.54) is 5.56 Å². The molecular weight excluding hydrogens is 306 g/mol. The van der Waals surface area contributed by atoms with Gasteiger partial charge in [-0.25, -0.2) is 0 Å². The van der Waals surface area contributed by atoms with Crippen LogP contribution in [0.4, 0.5) is 0 Å². The Bertz CT molecular complexity index is 723. The molecule has 2 aliphatic rings. The number of benzene rings is 1. The quantitative estimate of drug-likeness (QED) is 0.871. The van der Waals surface area contributed by atoms with E-state index >= 15 is 0 Å². The van der Waals surface area contributed by atoms with Crippen LogP contribution in [0.25, 0.3) is 0 Å². The number of hydrogen-bond donors (Lipinski definition) is 2. The number of carbonyl (C=O) groups is 1. The first-order valence-electron chi connectivity index (χ1n) is 8.39. The number of fused-ring (bicyclic) bond motifs is 1. The summed E-state index contributed by atoms with van der Waals surface area (Å²) in [5.41, 5.74) is 2.28. The second kappa shape index (κ2) is 6.28. The van der Waals surface area contributed by atoms with Crippen molar-refractivity contribution >= 4 is 5.91 Å². The average molecular weight is 327 g/mol. The van der Waals surface area contributed by atoms with E-state index in [4.69, 9.17) is 4.74 Å². The second-order valence-electron chi connectivity index (χ2n) is 6.60. The van der Waals surface area contributed by atoms with Crippen LogP contribution in [0, 0.1) is 5.92 Å².